The van der Waals surface area contributed by atoms with Crippen molar-refractivity contribution in [1.29, 1.82) is 0 Å². The molecule has 1 amide bonds. The Morgan fingerprint density at radius 1 is 1.38 bits per heavy atom. The molecule has 1 unspecified atom stereocenters. The number of nitro benzene ring substituents is 1. The van der Waals surface area contributed by atoms with E-state index >= 15 is 0 Å². The summed E-state index contributed by atoms with van der Waals surface area (Å²) in [5.74, 6) is 0.0933. The lowest BCUT2D eigenvalue weighted by Crippen LogP contribution is -2.48. The van der Waals surface area contributed by atoms with Crippen LogP contribution in [0.15, 0.2) is 24.3 Å². The topological polar surface area (TPSA) is 66.7 Å². The van der Waals surface area contributed by atoms with Gasteiger partial charge < -0.3 is 4.90 Å². The maximum absolute atomic E-state index is 11.3. The molecule has 0 N–H and O–H groups in total. The largest absolute Gasteiger partial charge is 0.340 e. The van der Waals surface area contributed by atoms with Gasteiger partial charge in [0, 0.05) is 51.8 Å². The molecule has 0 aromatic heterocycles. The number of halogens is 1. The minimum atomic E-state index is -0.418. The highest BCUT2D eigenvalue weighted by molar-refractivity contribution is 6.21. The molecule has 2 rings (SSSR count). The quantitative estimate of drug-likeness (QED) is 0.485. The zero-order valence-corrected chi connectivity index (χ0v) is 12.6. The van der Waals surface area contributed by atoms with Gasteiger partial charge in [-0.2, -0.15) is 0 Å². The van der Waals surface area contributed by atoms with Gasteiger partial charge >= 0.3 is 0 Å². The van der Waals surface area contributed by atoms with E-state index in [1.165, 1.54) is 12.1 Å². The lowest BCUT2D eigenvalue weighted by molar-refractivity contribution is -0.384. The second-order valence-electron chi connectivity index (χ2n) is 5.13. The van der Waals surface area contributed by atoms with Crippen LogP contribution in [-0.4, -0.2) is 53.4 Å². The normalized spacial score (nSPS) is 17.5. The Hall–Kier alpha value is -1.66. The maximum Gasteiger partial charge on any atom is 0.269 e. The monoisotopic (exact) mass is 311 g/mol. The first-order chi connectivity index (χ1) is 9.97. The number of nitro groups is 1. The lowest BCUT2D eigenvalue weighted by atomic mass is 10.1. The van der Waals surface area contributed by atoms with E-state index in [0.717, 1.165) is 18.7 Å². The predicted molar refractivity (Wildman–Crippen MR) is 80.4 cm³/mol. The van der Waals surface area contributed by atoms with Gasteiger partial charge in [0.15, 0.2) is 0 Å². The van der Waals surface area contributed by atoms with Crippen LogP contribution in [0, 0.1) is 10.1 Å². The number of carbonyl (C=O) groups is 1. The molecule has 1 atom stereocenters. The molecule has 1 heterocycles. The zero-order chi connectivity index (χ0) is 15.4. The highest BCUT2D eigenvalue weighted by Crippen LogP contribution is 2.25. The average Bonchev–Trinajstić information content (AvgIpc) is 2.48. The minimum Gasteiger partial charge on any atom is -0.340 e. The summed E-state index contributed by atoms with van der Waals surface area (Å²) < 4.78 is 0. The van der Waals surface area contributed by atoms with Crippen molar-refractivity contribution >= 4 is 23.2 Å². The van der Waals surface area contributed by atoms with Crippen molar-refractivity contribution < 1.29 is 9.72 Å². The van der Waals surface area contributed by atoms with Crippen molar-refractivity contribution in [2.45, 2.75) is 12.3 Å². The molecular weight excluding hydrogens is 294 g/mol. The van der Waals surface area contributed by atoms with Gasteiger partial charge in [-0.05, 0) is 5.56 Å². The smallest absolute Gasteiger partial charge is 0.269 e. The van der Waals surface area contributed by atoms with Gasteiger partial charge in [0.2, 0.25) is 5.91 Å². The van der Waals surface area contributed by atoms with Crippen molar-refractivity contribution in [1.82, 2.24) is 9.80 Å². The molecule has 1 aliphatic rings. The number of non-ortho nitro benzene ring substituents is 1. The van der Waals surface area contributed by atoms with Crippen LogP contribution >= 0.6 is 11.6 Å². The molecule has 0 bridgehead atoms. The number of nitrogens with zero attached hydrogens (tertiary/aromatic N) is 3. The highest BCUT2D eigenvalue weighted by Gasteiger charge is 2.21. The number of benzene rings is 1. The minimum absolute atomic E-state index is 0.0551. The van der Waals surface area contributed by atoms with Gasteiger partial charge in [-0.3, -0.25) is 19.8 Å². The third kappa shape index (κ3) is 4.15. The van der Waals surface area contributed by atoms with Crippen LogP contribution < -0.4 is 0 Å². The fraction of sp³-hybridized carbons (Fsp3) is 0.500. The van der Waals surface area contributed by atoms with E-state index in [2.05, 4.69) is 4.90 Å². The standard InChI is InChI=1S/C14H18ClN3O3/c1-11(19)17-7-5-16(6-8-17)10-14(15)12-3-2-4-13(9-12)18(20)21/h2-4,9,14H,5-8,10H2,1H3. The van der Waals surface area contributed by atoms with E-state index in [9.17, 15) is 14.9 Å². The van der Waals surface area contributed by atoms with E-state index in [1.807, 2.05) is 4.90 Å². The number of piperazine rings is 1. The Bertz CT molecular complexity index is 530. The van der Waals surface area contributed by atoms with Crippen molar-refractivity contribution in [3.8, 4) is 0 Å². The molecular formula is C14H18ClN3O3. The number of alkyl halides is 1. The fourth-order valence-electron chi connectivity index (χ4n) is 2.41. The lowest BCUT2D eigenvalue weighted by Gasteiger charge is -2.35. The van der Waals surface area contributed by atoms with Gasteiger partial charge in [0.05, 0.1) is 10.3 Å². The van der Waals surface area contributed by atoms with Gasteiger partial charge in [-0.15, -0.1) is 11.6 Å². The summed E-state index contributed by atoms with van der Waals surface area (Å²) >= 11 is 6.37. The summed E-state index contributed by atoms with van der Waals surface area (Å²) in [7, 11) is 0. The first kappa shape index (κ1) is 15.7. The van der Waals surface area contributed by atoms with E-state index in [1.54, 1.807) is 19.1 Å². The number of hydrogen-bond acceptors (Lipinski definition) is 4. The zero-order valence-electron chi connectivity index (χ0n) is 11.9. The molecule has 7 heteroatoms. The van der Waals surface area contributed by atoms with Crippen molar-refractivity contribution in [2.75, 3.05) is 32.7 Å². The maximum atomic E-state index is 11.3. The van der Waals surface area contributed by atoms with Crippen LogP contribution in [0.1, 0.15) is 17.9 Å². The molecule has 1 saturated heterocycles. The van der Waals surface area contributed by atoms with E-state index in [4.69, 9.17) is 11.6 Å². The first-order valence-electron chi connectivity index (χ1n) is 6.83. The molecule has 114 valence electrons. The summed E-state index contributed by atoms with van der Waals surface area (Å²) in [6.45, 7) is 5.15. The summed E-state index contributed by atoms with van der Waals surface area (Å²) in [6, 6.07) is 6.43. The van der Waals surface area contributed by atoms with Crippen LogP contribution in [0.4, 0.5) is 5.69 Å². The SMILES string of the molecule is CC(=O)N1CCN(CC(Cl)c2cccc([N+](=O)[O-])c2)CC1. The van der Waals surface area contributed by atoms with Crippen LogP contribution in [0.2, 0.25) is 0 Å². The van der Waals surface area contributed by atoms with Crippen molar-refractivity contribution in [3.05, 3.63) is 39.9 Å². The number of hydrogen-bond donors (Lipinski definition) is 0. The molecule has 0 saturated carbocycles. The van der Waals surface area contributed by atoms with Crippen LogP contribution in [0.25, 0.3) is 0 Å². The molecule has 0 radical (unpaired) electrons. The molecule has 1 aromatic carbocycles. The second-order valence-corrected chi connectivity index (χ2v) is 5.65. The Labute approximate surface area is 128 Å². The van der Waals surface area contributed by atoms with Gasteiger partial charge in [-0.25, -0.2) is 0 Å². The van der Waals surface area contributed by atoms with Crippen LogP contribution in [0.5, 0.6) is 0 Å². The molecule has 1 aliphatic heterocycles. The molecule has 0 aliphatic carbocycles. The van der Waals surface area contributed by atoms with Gasteiger partial charge in [0.25, 0.3) is 5.69 Å². The van der Waals surface area contributed by atoms with Crippen molar-refractivity contribution in [3.63, 3.8) is 0 Å². The average molecular weight is 312 g/mol. The molecule has 1 fully saturated rings. The Morgan fingerprint density at radius 2 is 2.05 bits per heavy atom. The molecule has 1 aromatic rings. The first-order valence-corrected chi connectivity index (χ1v) is 7.27. The Morgan fingerprint density at radius 3 is 2.62 bits per heavy atom. The Balaban J connectivity index is 1.93. The Kier molecular flexibility index (Phi) is 5.14. The second kappa shape index (κ2) is 6.87. The van der Waals surface area contributed by atoms with Crippen LogP contribution in [-0.2, 0) is 4.79 Å². The number of carbonyl (C=O) groups excluding carboxylic acids is 1. The summed E-state index contributed by atoms with van der Waals surface area (Å²) in [6.07, 6.45) is 0. The highest BCUT2D eigenvalue weighted by atomic mass is 35.5. The van der Waals surface area contributed by atoms with E-state index < -0.39 is 4.92 Å². The van der Waals surface area contributed by atoms with Gasteiger partial charge in [-0.1, -0.05) is 12.1 Å². The van der Waals surface area contributed by atoms with E-state index in [0.29, 0.717) is 19.6 Å². The third-order valence-corrected chi connectivity index (χ3v) is 4.07. The van der Waals surface area contributed by atoms with E-state index in [-0.39, 0.29) is 17.0 Å². The van der Waals surface area contributed by atoms with Gasteiger partial charge in [0.1, 0.15) is 0 Å². The van der Waals surface area contributed by atoms with Crippen LogP contribution in [0.3, 0.4) is 0 Å². The third-order valence-electron chi connectivity index (χ3n) is 3.68. The summed E-state index contributed by atoms with van der Waals surface area (Å²) in [5.41, 5.74) is 0.805. The molecule has 0 spiro atoms. The summed E-state index contributed by atoms with van der Waals surface area (Å²) in [4.78, 5) is 25.6. The number of rotatable bonds is 4. The summed E-state index contributed by atoms with van der Waals surface area (Å²) in [5, 5.41) is 10.5. The van der Waals surface area contributed by atoms with Crippen molar-refractivity contribution in [2.24, 2.45) is 0 Å². The predicted octanol–water partition coefficient (Wildman–Crippen LogP) is 2.04. The molecule has 6 nitrogen and oxygen atoms in total. The number of amides is 1. The molecule has 21 heavy (non-hydrogen) atoms. The fourth-order valence-corrected chi connectivity index (χ4v) is 2.74.